The number of hydrogen-bond donors (Lipinski definition) is 1. The van der Waals surface area contributed by atoms with Crippen molar-refractivity contribution in [2.45, 2.75) is 23.3 Å². The summed E-state index contributed by atoms with van der Waals surface area (Å²) in [7, 11) is -2.39. The minimum Gasteiger partial charge on any atom is -0.493 e. The lowest BCUT2D eigenvalue weighted by molar-refractivity contribution is 0.146. The number of hydrogen-bond acceptors (Lipinski definition) is 4. The number of methoxy groups -OCH3 is 1. The van der Waals surface area contributed by atoms with E-state index in [2.05, 4.69) is 0 Å². The molecule has 94 valence electrons. The Kier molecular flexibility index (Phi) is 2.67. The van der Waals surface area contributed by atoms with Crippen LogP contribution in [0.5, 0.6) is 5.75 Å². The Balaban J connectivity index is 2.65. The third kappa shape index (κ3) is 2.02. The van der Waals surface area contributed by atoms with E-state index in [0.717, 1.165) is 6.26 Å². The van der Waals surface area contributed by atoms with Crippen molar-refractivity contribution in [2.24, 2.45) is 0 Å². The van der Waals surface area contributed by atoms with Crippen LogP contribution in [0.15, 0.2) is 17.0 Å². The van der Waals surface area contributed by atoms with Crippen LogP contribution in [0, 0.1) is 5.82 Å². The monoisotopic (exact) mass is 260 g/mol. The summed E-state index contributed by atoms with van der Waals surface area (Å²) in [5, 5.41) is 9.93. The molecule has 0 saturated heterocycles. The van der Waals surface area contributed by atoms with Crippen LogP contribution >= 0.6 is 0 Å². The molecule has 0 heterocycles. The van der Waals surface area contributed by atoms with E-state index >= 15 is 0 Å². The molecule has 4 nitrogen and oxygen atoms in total. The van der Waals surface area contributed by atoms with Crippen LogP contribution in [0.2, 0.25) is 0 Å². The largest absolute Gasteiger partial charge is 0.493 e. The van der Waals surface area contributed by atoms with E-state index in [1.54, 1.807) is 0 Å². The Labute approximate surface area is 98.9 Å². The van der Waals surface area contributed by atoms with Crippen molar-refractivity contribution in [3.05, 3.63) is 23.5 Å². The average Bonchev–Trinajstić information content (AvgIpc) is 2.95. The van der Waals surface area contributed by atoms with Crippen LogP contribution in [0.25, 0.3) is 0 Å². The lowest BCUT2D eigenvalue weighted by Gasteiger charge is -2.15. The maximum Gasteiger partial charge on any atom is 0.184 e. The van der Waals surface area contributed by atoms with Gasteiger partial charge in [-0.25, -0.2) is 12.8 Å². The fourth-order valence-electron chi connectivity index (χ4n) is 1.78. The van der Waals surface area contributed by atoms with Gasteiger partial charge in [0.25, 0.3) is 0 Å². The summed E-state index contributed by atoms with van der Waals surface area (Å²) < 4.78 is 41.5. The van der Waals surface area contributed by atoms with E-state index in [9.17, 15) is 17.9 Å². The molecule has 0 unspecified atom stereocenters. The van der Waals surface area contributed by atoms with Crippen LogP contribution in [-0.4, -0.2) is 26.9 Å². The molecule has 0 radical (unpaired) electrons. The van der Waals surface area contributed by atoms with E-state index in [1.165, 1.54) is 19.2 Å². The van der Waals surface area contributed by atoms with Crippen LogP contribution in [0.3, 0.4) is 0 Å². The molecule has 1 aliphatic rings. The van der Waals surface area contributed by atoms with E-state index in [-0.39, 0.29) is 5.75 Å². The van der Waals surface area contributed by atoms with Gasteiger partial charge in [0.05, 0.1) is 12.7 Å². The molecule has 1 aromatic carbocycles. The summed E-state index contributed by atoms with van der Waals surface area (Å²) in [4.78, 5) is -0.414. The molecule has 2 rings (SSSR count). The van der Waals surface area contributed by atoms with Gasteiger partial charge in [0.1, 0.15) is 4.90 Å². The van der Waals surface area contributed by atoms with Crippen LogP contribution in [-0.2, 0) is 15.4 Å². The summed E-state index contributed by atoms with van der Waals surface area (Å²) in [5.41, 5.74) is -0.757. The minimum atomic E-state index is -3.64. The number of halogens is 1. The summed E-state index contributed by atoms with van der Waals surface area (Å²) in [6.45, 7) is 0. The van der Waals surface area contributed by atoms with Gasteiger partial charge >= 0.3 is 0 Å². The Bertz CT molecular complexity index is 561. The Morgan fingerprint density at radius 2 is 2.00 bits per heavy atom. The topological polar surface area (TPSA) is 63.6 Å². The Morgan fingerprint density at radius 1 is 1.41 bits per heavy atom. The first-order chi connectivity index (χ1) is 7.79. The second-order valence-electron chi connectivity index (χ2n) is 4.26. The van der Waals surface area contributed by atoms with Gasteiger partial charge in [0, 0.05) is 11.8 Å². The fourth-order valence-corrected chi connectivity index (χ4v) is 2.51. The normalized spacial score (nSPS) is 17.9. The van der Waals surface area contributed by atoms with E-state index in [4.69, 9.17) is 4.74 Å². The zero-order valence-corrected chi connectivity index (χ0v) is 10.3. The Morgan fingerprint density at radius 3 is 2.41 bits per heavy atom. The van der Waals surface area contributed by atoms with Crippen LogP contribution < -0.4 is 4.74 Å². The molecule has 6 heteroatoms. The van der Waals surface area contributed by atoms with E-state index in [0.29, 0.717) is 18.4 Å². The van der Waals surface area contributed by atoms with Crippen molar-refractivity contribution in [1.29, 1.82) is 0 Å². The number of aliphatic hydroxyl groups is 1. The minimum absolute atomic E-state index is 0.187. The van der Waals surface area contributed by atoms with E-state index < -0.39 is 26.2 Å². The first-order valence-electron chi connectivity index (χ1n) is 5.09. The smallest absolute Gasteiger partial charge is 0.184 e. The van der Waals surface area contributed by atoms with Crippen molar-refractivity contribution in [2.75, 3.05) is 13.4 Å². The SMILES string of the molecule is COc1c(C2(O)CC2)ccc(S(C)(=O)=O)c1F. The molecular formula is C11H13FO4S. The van der Waals surface area contributed by atoms with Gasteiger partial charge in [0.2, 0.25) is 0 Å². The molecule has 0 aliphatic heterocycles. The quantitative estimate of drug-likeness (QED) is 0.887. The number of rotatable bonds is 3. The molecule has 1 aliphatic carbocycles. The molecule has 1 aromatic rings. The van der Waals surface area contributed by atoms with Gasteiger partial charge in [-0.2, -0.15) is 0 Å². The van der Waals surface area contributed by atoms with Gasteiger partial charge in [0.15, 0.2) is 21.4 Å². The van der Waals surface area contributed by atoms with Crippen molar-refractivity contribution in [1.82, 2.24) is 0 Å². The third-order valence-electron chi connectivity index (χ3n) is 2.89. The zero-order chi connectivity index (χ0) is 12.8. The maximum atomic E-state index is 14.0. The lowest BCUT2D eigenvalue weighted by atomic mass is 10.1. The summed E-state index contributed by atoms with van der Waals surface area (Å²) in [6.07, 6.45) is 1.98. The Hall–Kier alpha value is -1.14. The molecule has 0 atom stereocenters. The lowest BCUT2D eigenvalue weighted by Crippen LogP contribution is -2.11. The van der Waals surface area contributed by atoms with Gasteiger partial charge in [-0.15, -0.1) is 0 Å². The highest BCUT2D eigenvalue weighted by Gasteiger charge is 2.45. The molecule has 0 bridgehead atoms. The highest BCUT2D eigenvalue weighted by Crippen LogP contribution is 2.49. The van der Waals surface area contributed by atoms with E-state index in [1.807, 2.05) is 0 Å². The molecular weight excluding hydrogens is 247 g/mol. The van der Waals surface area contributed by atoms with Crippen molar-refractivity contribution >= 4 is 9.84 Å². The van der Waals surface area contributed by atoms with Crippen molar-refractivity contribution in [3.8, 4) is 5.75 Å². The molecule has 0 spiro atoms. The number of sulfone groups is 1. The number of ether oxygens (including phenoxy) is 1. The average molecular weight is 260 g/mol. The third-order valence-corrected chi connectivity index (χ3v) is 4.00. The van der Waals surface area contributed by atoms with Crippen molar-refractivity contribution < 1.29 is 22.7 Å². The molecule has 1 N–H and O–H groups in total. The van der Waals surface area contributed by atoms with Gasteiger partial charge in [-0.05, 0) is 18.9 Å². The molecule has 1 saturated carbocycles. The molecule has 0 amide bonds. The zero-order valence-electron chi connectivity index (χ0n) is 9.53. The number of benzene rings is 1. The highest BCUT2D eigenvalue weighted by molar-refractivity contribution is 7.90. The summed E-state index contributed by atoms with van der Waals surface area (Å²) >= 11 is 0. The highest BCUT2D eigenvalue weighted by atomic mass is 32.2. The summed E-state index contributed by atoms with van der Waals surface area (Å²) in [6, 6.07) is 2.57. The van der Waals surface area contributed by atoms with Crippen LogP contribution in [0.1, 0.15) is 18.4 Å². The predicted octanol–water partition coefficient (Wildman–Crippen LogP) is 1.22. The first-order valence-corrected chi connectivity index (χ1v) is 6.98. The predicted molar refractivity (Wildman–Crippen MR) is 59.2 cm³/mol. The van der Waals surface area contributed by atoms with Gasteiger partial charge in [-0.1, -0.05) is 6.07 Å². The first kappa shape index (κ1) is 12.3. The second kappa shape index (κ2) is 3.68. The van der Waals surface area contributed by atoms with Gasteiger partial charge in [-0.3, -0.25) is 0 Å². The van der Waals surface area contributed by atoms with Crippen LogP contribution in [0.4, 0.5) is 4.39 Å². The fraction of sp³-hybridized carbons (Fsp3) is 0.455. The summed E-state index contributed by atoms with van der Waals surface area (Å²) in [5.74, 6) is -1.12. The standard InChI is InChI=1S/C11H13FO4S/c1-16-10-7(11(13)5-6-11)3-4-8(9(10)12)17(2,14)15/h3-4,13H,5-6H2,1-2H3. The second-order valence-corrected chi connectivity index (χ2v) is 6.25. The molecule has 0 aromatic heterocycles. The van der Waals surface area contributed by atoms with Gasteiger partial charge < -0.3 is 9.84 Å². The van der Waals surface area contributed by atoms with Crippen molar-refractivity contribution in [3.63, 3.8) is 0 Å². The molecule has 1 fully saturated rings. The molecule has 17 heavy (non-hydrogen) atoms. The maximum absolute atomic E-state index is 14.0.